The highest BCUT2D eigenvalue weighted by Crippen LogP contribution is 2.69. The minimum Gasteiger partial charge on any atom is -0.481 e. The van der Waals surface area contributed by atoms with Gasteiger partial charge < -0.3 is 19.3 Å². The van der Waals surface area contributed by atoms with Gasteiger partial charge in [-0.3, -0.25) is 19.2 Å². The van der Waals surface area contributed by atoms with E-state index in [0.717, 1.165) is 25.7 Å². The van der Waals surface area contributed by atoms with E-state index in [2.05, 4.69) is 6.92 Å². The van der Waals surface area contributed by atoms with Crippen LogP contribution in [0.15, 0.2) is 0 Å². The van der Waals surface area contributed by atoms with Crippen molar-refractivity contribution in [3.05, 3.63) is 0 Å². The molecule has 0 aromatic heterocycles. The number of carboxylic acid groups (broad SMARTS) is 1. The number of carbonyl (C=O) groups is 4. The summed E-state index contributed by atoms with van der Waals surface area (Å²) < 4.78 is 16.8. The first kappa shape index (κ1) is 25.0. The number of hydrogen-bond acceptors (Lipinski definition) is 7. The van der Waals surface area contributed by atoms with Gasteiger partial charge >= 0.3 is 23.9 Å². The second kappa shape index (κ2) is 8.83. The largest absolute Gasteiger partial charge is 0.481 e. The summed E-state index contributed by atoms with van der Waals surface area (Å²) in [6, 6.07) is 0. The molecule has 34 heavy (non-hydrogen) atoms. The lowest BCUT2D eigenvalue weighted by atomic mass is 9.42. The van der Waals surface area contributed by atoms with Crippen molar-refractivity contribution in [1.29, 1.82) is 0 Å². The van der Waals surface area contributed by atoms with Crippen LogP contribution in [0.25, 0.3) is 0 Å². The lowest BCUT2D eigenvalue weighted by Gasteiger charge is -2.63. The second-order valence-electron chi connectivity index (χ2n) is 11.2. The van der Waals surface area contributed by atoms with Crippen LogP contribution in [0.3, 0.4) is 0 Å². The number of fused-ring (bicyclic) bond motifs is 5. The van der Waals surface area contributed by atoms with Crippen LogP contribution >= 0.6 is 0 Å². The fourth-order valence-corrected chi connectivity index (χ4v) is 8.70. The Morgan fingerprint density at radius 2 is 1.65 bits per heavy atom. The smallest absolute Gasteiger partial charge is 0.314 e. The summed E-state index contributed by atoms with van der Waals surface area (Å²) in [5, 5.41) is 10.8. The molecule has 7 unspecified atom stereocenters. The number of carboxylic acids is 1. The van der Waals surface area contributed by atoms with Crippen LogP contribution in [0.4, 0.5) is 0 Å². The molecule has 8 nitrogen and oxygen atoms in total. The van der Waals surface area contributed by atoms with Crippen molar-refractivity contribution >= 4 is 23.9 Å². The summed E-state index contributed by atoms with van der Waals surface area (Å²) in [6.45, 7) is 7.03. The summed E-state index contributed by atoms with van der Waals surface area (Å²) in [4.78, 5) is 49.8. The van der Waals surface area contributed by atoms with Crippen LogP contribution in [0.5, 0.6) is 0 Å². The lowest BCUT2D eigenvalue weighted by molar-refractivity contribution is -0.247. The number of esters is 3. The number of ether oxygens (including phenoxy) is 3. The van der Waals surface area contributed by atoms with E-state index in [4.69, 9.17) is 14.2 Å². The van der Waals surface area contributed by atoms with Gasteiger partial charge in [-0.1, -0.05) is 6.92 Å². The molecule has 190 valence electrons. The molecule has 4 aliphatic rings. The topological polar surface area (TPSA) is 116 Å². The SMILES string of the molecule is CCOC(=O)[C@@H]1CCC2C3CCC4(OC(C)=O)CC(OC(C)=O)CCC4(C(=O)O)C3CCC21C. The van der Waals surface area contributed by atoms with Crippen molar-refractivity contribution in [2.75, 3.05) is 6.61 Å². The average molecular weight is 479 g/mol. The normalized spacial score (nSPS) is 43.0. The molecule has 4 aliphatic carbocycles. The van der Waals surface area contributed by atoms with E-state index in [1.165, 1.54) is 13.8 Å². The molecule has 0 spiro atoms. The third-order valence-corrected chi connectivity index (χ3v) is 9.81. The third kappa shape index (κ3) is 3.63. The number of aliphatic carboxylic acids is 1. The molecule has 8 atom stereocenters. The fourth-order valence-electron chi connectivity index (χ4n) is 8.70. The molecular formula is C26H38O8. The van der Waals surface area contributed by atoms with Crippen molar-refractivity contribution in [2.45, 2.75) is 97.2 Å². The number of rotatable bonds is 5. The molecule has 4 fully saturated rings. The van der Waals surface area contributed by atoms with Gasteiger partial charge in [0.25, 0.3) is 0 Å². The van der Waals surface area contributed by atoms with Gasteiger partial charge in [-0.25, -0.2) is 0 Å². The molecule has 0 bridgehead atoms. The first-order valence-corrected chi connectivity index (χ1v) is 12.8. The molecule has 1 N–H and O–H groups in total. The first-order valence-electron chi connectivity index (χ1n) is 12.8. The molecule has 0 radical (unpaired) electrons. The van der Waals surface area contributed by atoms with E-state index < -0.39 is 35.0 Å². The zero-order chi connectivity index (χ0) is 24.9. The van der Waals surface area contributed by atoms with Crippen molar-refractivity contribution < 1.29 is 38.5 Å². The van der Waals surface area contributed by atoms with E-state index in [1.54, 1.807) is 0 Å². The van der Waals surface area contributed by atoms with E-state index in [9.17, 15) is 24.3 Å². The van der Waals surface area contributed by atoms with Crippen LogP contribution in [0, 0.1) is 34.5 Å². The van der Waals surface area contributed by atoms with E-state index >= 15 is 0 Å². The molecule has 0 amide bonds. The maximum Gasteiger partial charge on any atom is 0.314 e. The van der Waals surface area contributed by atoms with Gasteiger partial charge in [0.15, 0.2) is 0 Å². The Labute approximate surface area is 201 Å². The van der Waals surface area contributed by atoms with Crippen LogP contribution < -0.4 is 0 Å². The number of carbonyl (C=O) groups excluding carboxylic acids is 3. The summed E-state index contributed by atoms with van der Waals surface area (Å²) in [7, 11) is 0. The van der Waals surface area contributed by atoms with Gasteiger partial charge in [-0.2, -0.15) is 0 Å². The zero-order valence-electron chi connectivity index (χ0n) is 20.8. The Morgan fingerprint density at radius 1 is 0.912 bits per heavy atom. The summed E-state index contributed by atoms with van der Waals surface area (Å²) in [5.41, 5.74) is -2.62. The Morgan fingerprint density at radius 3 is 2.26 bits per heavy atom. The molecular weight excluding hydrogens is 440 g/mol. The van der Waals surface area contributed by atoms with Gasteiger partial charge in [0.05, 0.1) is 12.5 Å². The molecule has 0 aliphatic heterocycles. The highest BCUT2D eigenvalue weighted by atomic mass is 16.6. The molecule has 0 aromatic rings. The van der Waals surface area contributed by atoms with Crippen LogP contribution in [0.1, 0.15) is 85.5 Å². The second-order valence-corrected chi connectivity index (χ2v) is 11.2. The van der Waals surface area contributed by atoms with Gasteiger partial charge in [-0.15, -0.1) is 0 Å². The highest BCUT2D eigenvalue weighted by molar-refractivity contribution is 5.79. The summed E-state index contributed by atoms with van der Waals surface area (Å²) >= 11 is 0. The minimum absolute atomic E-state index is 0.133. The van der Waals surface area contributed by atoms with Crippen molar-refractivity contribution in [3.63, 3.8) is 0 Å². The van der Waals surface area contributed by atoms with Crippen LogP contribution in [0.2, 0.25) is 0 Å². The molecule has 0 aromatic carbocycles. The fraction of sp³-hybridized carbons (Fsp3) is 0.846. The molecule has 4 saturated carbocycles. The molecule has 4 rings (SSSR count). The van der Waals surface area contributed by atoms with Gasteiger partial charge in [-0.05, 0) is 81.5 Å². The van der Waals surface area contributed by atoms with Crippen LogP contribution in [-0.2, 0) is 33.4 Å². The lowest BCUT2D eigenvalue weighted by Crippen LogP contribution is -2.68. The van der Waals surface area contributed by atoms with Crippen LogP contribution in [-0.4, -0.2) is 47.3 Å². The predicted molar refractivity (Wildman–Crippen MR) is 120 cm³/mol. The standard InChI is InChI=1S/C26H38O8/c1-5-32-22(29)21-7-6-19-18-9-12-25(34-16(3)28)14-17(33-15(2)27)8-13-26(25,23(30)31)20(18)10-11-24(19,21)4/h17-21H,5-14H2,1-4H3,(H,30,31)/t17?,18?,19?,20?,21-,24?,25?,26?/m0/s1. The Kier molecular flexibility index (Phi) is 6.49. The van der Waals surface area contributed by atoms with Crippen molar-refractivity contribution in [2.24, 2.45) is 34.5 Å². The third-order valence-electron chi connectivity index (χ3n) is 9.81. The monoisotopic (exact) mass is 478 g/mol. The van der Waals surface area contributed by atoms with E-state index in [0.29, 0.717) is 32.3 Å². The molecule has 0 saturated heterocycles. The van der Waals surface area contributed by atoms with E-state index in [1.807, 2.05) is 6.92 Å². The Hall–Kier alpha value is -2.12. The summed E-state index contributed by atoms with van der Waals surface area (Å²) in [5.74, 6) is -1.91. The average Bonchev–Trinajstić information content (AvgIpc) is 3.09. The Bertz CT molecular complexity index is 869. The molecule has 0 heterocycles. The van der Waals surface area contributed by atoms with E-state index in [-0.39, 0.29) is 41.5 Å². The van der Waals surface area contributed by atoms with Gasteiger partial charge in [0.1, 0.15) is 17.1 Å². The summed E-state index contributed by atoms with van der Waals surface area (Å²) in [6.07, 6.45) is 4.72. The molecule has 8 heteroatoms. The number of hydrogen-bond donors (Lipinski definition) is 1. The maximum atomic E-state index is 13.1. The first-order chi connectivity index (χ1) is 16.0. The predicted octanol–water partition coefficient (Wildman–Crippen LogP) is 3.89. The minimum atomic E-state index is -1.22. The van der Waals surface area contributed by atoms with Crippen molar-refractivity contribution in [3.8, 4) is 0 Å². The zero-order valence-corrected chi connectivity index (χ0v) is 20.8. The van der Waals surface area contributed by atoms with Crippen molar-refractivity contribution in [1.82, 2.24) is 0 Å². The van der Waals surface area contributed by atoms with Gasteiger partial charge in [0, 0.05) is 20.3 Å². The van der Waals surface area contributed by atoms with Gasteiger partial charge in [0.2, 0.25) is 0 Å². The Balaban J connectivity index is 1.71. The highest BCUT2D eigenvalue weighted by Gasteiger charge is 2.72. The quantitative estimate of drug-likeness (QED) is 0.467. The maximum absolute atomic E-state index is 13.1.